The second-order valence-corrected chi connectivity index (χ2v) is 7.28. The first-order chi connectivity index (χ1) is 15.6. The fraction of sp³-hybridized carbons (Fsp3) is 0.143. The summed E-state index contributed by atoms with van der Waals surface area (Å²) in [5, 5.41) is 0. The maximum atomic E-state index is 13.0. The van der Waals surface area contributed by atoms with Crippen LogP contribution >= 0.6 is 0 Å². The number of carbonyl (C=O) groups is 2. The fourth-order valence-electron chi connectivity index (χ4n) is 3.35. The third-order valence-electron chi connectivity index (χ3n) is 4.95. The van der Waals surface area contributed by atoms with Crippen LogP contribution in [0.5, 0.6) is 0 Å². The Balaban J connectivity index is 1.74. The molecule has 0 aromatic heterocycles. The van der Waals surface area contributed by atoms with E-state index in [2.05, 4.69) is 11.8 Å². The van der Waals surface area contributed by atoms with E-state index in [1.807, 2.05) is 60.7 Å². The Labute approximate surface area is 189 Å². The summed E-state index contributed by atoms with van der Waals surface area (Å²) in [6, 6.07) is 26.0. The van der Waals surface area contributed by atoms with Gasteiger partial charge in [-0.1, -0.05) is 72.5 Å². The molecule has 0 saturated heterocycles. The van der Waals surface area contributed by atoms with E-state index in [-0.39, 0.29) is 24.9 Å². The zero-order valence-corrected chi connectivity index (χ0v) is 17.8. The highest BCUT2D eigenvalue weighted by Crippen LogP contribution is 2.14. The largest absolute Gasteiger partial charge is 0.323 e. The summed E-state index contributed by atoms with van der Waals surface area (Å²) in [6.07, 6.45) is 11.0. The molecule has 3 aromatic carbocycles. The average molecular weight is 421 g/mol. The Morgan fingerprint density at radius 1 is 0.594 bits per heavy atom. The van der Waals surface area contributed by atoms with Crippen LogP contribution < -0.4 is 0 Å². The van der Waals surface area contributed by atoms with Gasteiger partial charge in [-0.25, -0.2) is 0 Å². The van der Waals surface area contributed by atoms with Crippen molar-refractivity contribution in [1.82, 2.24) is 9.80 Å². The van der Waals surface area contributed by atoms with Crippen LogP contribution in [0.15, 0.2) is 84.9 Å². The van der Waals surface area contributed by atoms with E-state index in [0.717, 1.165) is 11.1 Å². The molecule has 0 heterocycles. The normalized spacial score (nSPS) is 9.94. The standard InChI is InChI=1S/C28H24N2O2/c1-3-19-29(21-23-11-7-5-8-12-23)27(31)25-15-17-26(18-16-25)28(32)30(20-4-2)22-24-13-9-6-10-14-24/h1-2,5-18H,19-22H2. The first-order valence-corrected chi connectivity index (χ1v) is 10.3. The molecule has 0 spiro atoms. The molecule has 0 fully saturated rings. The van der Waals surface area contributed by atoms with Crippen LogP contribution in [0, 0.1) is 24.7 Å². The van der Waals surface area contributed by atoms with Crippen molar-refractivity contribution in [2.75, 3.05) is 13.1 Å². The van der Waals surface area contributed by atoms with E-state index in [1.165, 1.54) is 0 Å². The zero-order valence-electron chi connectivity index (χ0n) is 17.8. The number of carbonyl (C=O) groups excluding carboxylic acids is 2. The van der Waals surface area contributed by atoms with Gasteiger partial charge in [0.15, 0.2) is 0 Å². The molecule has 0 bridgehead atoms. The summed E-state index contributed by atoms with van der Waals surface area (Å²) in [7, 11) is 0. The predicted molar refractivity (Wildman–Crippen MR) is 126 cm³/mol. The van der Waals surface area contributed by atoms with Gasteiger partial charge in [0.2, 0.25) is 0 Å². The SMILES string of the molecule is C#CCN(Cc1ccccc1)C(=O)c1ccc(C(=O)N(CC#C)Cc2ccccc2)cc1. The van der Waals surface area contributed by atoms with Crippen molar-refractivity contribution >= 4 is 11.8 Å². The number of amides is 2. The summed E-state index contributed by atoms with van der Waals surface area (Å²) in [6.45, 7) is 1.22. The van der Waals surface area contributed by atoms with Crippen molar-refractivity contribution in [1.29, 1.82) is 0 Å². The third kappa shape index (κ3) is 5.88. The van der Waals surface area contributed by atoms with Gasteiger partial charge in [-0.15, -0.1) is 12.8 Å². The van der Waals surface area contributed by atoms with E-state index in [4.69, 9.17) is 12.8 Å². The molecular weight excluding hydrogens is 396 g/mol. The van der Waals surface area contributed by atoms with Gasteiger partial charge in [-0.3, -0.25) is 9.59 Å². The lowest BCUT2D eigenvalue weighted by molar-refractivity contribution is 0.0754. The van der Waals surface area contributed by atoms with Crippen molar-refractivity contribution < 1.29 is 9.59 Å². The zero-order chi connectivity index (χ0) is 22.8. The van der Waals surface area contributed by atoms with Crippen molar-refractivity contribution in [2.45, 2.75) is 13.1 Å². The highest BCUT2D eigenvalue weighted by molar-refractivity contribution is 5.98. The summed E-state index contributed by atoms with van der Waals surface area (Å²) in [5.41, 5.74) is 2.93. The Bertz CT molecular complexity index is 1030. The van der Waals surface area contributed by atoms with Gasteiger partial charge >= 0.3 is 0 Å². The Morgan fingerprint density at radius 2 is 0.938 bits per heavy atom. The number of benzene rings is 3. The van der Waals surface area contributed by atoms with Gasteiger partial charge < -0.3 is 9.80 Å². The Morgan fingerprint density at radius 3 is 1.25 bits per heavy atom. The van der Waals surface area contributed by atoms with E-state index < -0.39 is 0 Å². The highest BCUT2D eigenvalue weighted by atomic mass is 16.2. The summed E-state index contributed by atoms with van der Waals surface area (Å²) in [5.74, 6) is 4.72. The first kappa shape index (κ1) is 22.4. The molecular formula is C28H24N2O2. The Kier molecular flexibility index (Phi) is 7.84. The molecule has 3 aromatic rings. The maximum absolute atomic E-state index is 13.0. The number of rotatable bonds is 8. The lowest BCUT2D eigenvalue weighted by atomic mass is 10.1. The van der Waals surface area contributed by atoms with E-state index in [9.17, 15) is 9.59 Å². The van der Waals surface area contributed by atoms with E-state index in [0.29, 0.717) is 24.2 Å². The second kappa shape index (κ2) is 11.2. The summed E-state index contributed by atoms with van der Waals surface area (Å²) in [4.78, 5) is 29.2. The van der Waals surface area contributed by atoms with Gasteiger partial charge in [0.25, 0.3) is 11.8 Å². The van der Waals surface area contributed by atoms with Gasteiger partial charge in [0, 0.05) is 24.2 Å². The number of terminal acetylenes is 2. The molecule has 4 heteroatoms. The smallest absolute Gasteiger partial charge is 0.254 e. The number of nitrogens with zero attached hydrogens (tertiary/aromatic N) is 2. The molecule has 0 aliphatic carbocycles. The minimum Gasteiger partial charge on any atom is -0.323 e. The second-order valence-electron chi connectivity index (χ2n) is 7.28. The highest BCUT2D eigenvalue weighted by Gasteiger charge is 2.18. The minimum absolute atomic E-state index is 0.185. The van der Waals surface area contributed by atoms with E-state index in [1.54, 1.807) is 34.1 Å². The van der Waals surface area contributed by atoms with Crippen LogP contribution in [0.3, 0.4) is 0 Å². The van der Waals surface area contributed by atoms with Crippen LogP contribution in [0.2, 0.25) is 0 Å². The monoisotopic (exact) mass is 420 g/mol. The van der Waals surface area contributed by atoms with Crippen molar-refractivity contribution in [3.63, 3.8) is 0 Å². The molecule has 0 unspecified atom stereocenters. The molecule has 0 aliphatic heterocycles. The molecule has 3 rings (SSSR count). The number of hydrogen-bond acceptors (Lipinski definition) is 2. The van der Waals surface area contributed by atoms with Gasteiger partial charge in [0.1, 0.15) is 0 Å². The number of hydrogen-bond donors (Lipinski definition) is 0. The first-order valence-electron chi connectivity index (χ1n) is 10.3. The molecule has 4 nitrogen and oxygen atoms in total. The van der Waals surface area contributed by atoms with Crippen LogP contribution in [0.4, 0.5) is 0 Å². The van der Waals surface area contributed by atoms with Crippen molar-refractivity contribution in [3.05, 3.63) is 107 Å². The lowest BCUT2D eigenvalue weighted by Crippen LogP contribution is -2.32. The van der Waals surface area contributed by atoms with Crippen LogP contribution in [-0.2, 0) is 13.1 Å². The molecule has 0 saturated carbocycles. The van der Waals surface area contributed by atoms with Gasteiger partial charge in [-0.05, 0) is 35.4 Å². The summed E-state index contributed by atoms with van der Waals surface area (Å²) >= 11 is 0. The molecule has 2 amide bonds. The quantitative estimate of drug-likeness (QED) is 0.512. The third-order valence-corrected chi connectivity index (χ3v) is 4.95. The van der Waals surface area contributed by atoms with Gasteiger partial charge in [0.05, 0.1) is 13.1 Å². The summed E-state index contributed by atoms with van der Waals surface area (Å²) < 4.78 is 0. The van der Waals surface area contributed by atoms with E-state index >= 15 is 0 Å². The molecule has 0 radical (unpaired) electrons. The maximum Gasteiger partial charge on any atom is 0.254 e. The van der Waals surface area contributed by atoms with Crippen LogP contribution in [-0.4, -0.2) is 34.7 Å². The van der Waals surface area contributed by atoms with Crippen LogP contribution in [0.25, 0.3) is 0 Å². The molecule has 0 aliphatic rings. The van der Waals surface area contributed by atoms with Crippen molar-refractivity contribution in [3.8, 4) is 24.7 Å². The average Bonchev–Trinajstić information content (AvgIpc) is 2.84. The molecule has 0 atom stereocenters. The molecule has 32 heavy (non-hydrogen) atoms. The fourth-order valence-corrected chi connectivity index (χ4v) is 3.35. The minimum atomic E-state index is -0.185. The van der Waals surface area contributed by atoms with Crippen molar-refractivity contribution in [2.24, 2.45) is 0 Å². The lowest BCUT2D eigenvalue weighted by Gasteiger charge is -2.22. The Hall–Kier alpha value is -4.28. The topological polar surface area (TPSA) is 40.6 Å². The van der Waals surface area contributed by atoms with Gasteiger partial charge in [-0.2, -0.15) is 0 Å². The van der Waals surface area contributed by atoms with Crippen LogP contribution in [0.1, 0.15) is 31.8 Å². The molecule has 0 N–H and O–H groups in total. The molecule has 158 valence electrons. The predicted octanol–water partition coefficient (Wildman–Crippen LogP) is 4.24.